The van der Waals surface area contributed by atoms with E-state index < -0.39 is 10.0 Å². The minimum Gasteiger partial charge on any atom is -0.494 e. The second kappa shape index (κ2) is 12.0. The summed E-state index contributed by atoms with van der Waals surface area (Å²) in [6, 6.07) is 3.95. The fourth-order valence-corrected chi connectivity index (χ4v) is 4.59. The van der Waals surface area contributed by atoms with Gasteiger partial charge in [0.05, 0.1) is 38.3 Å². The molecule has 36 heavy (non-hydrogen) atoms. The summed E-state index contributed by atoms with van der Waals surface area (Å²) in [6.07, 6.45) is 6.31. The van der Waals surface area contributed by atoms with Crippen molar-refractivity contribution >= 4 is 38.9 Å². The lowest BCUT2D eigenvalue weighted by Crippen LogP contribution is -2.55. The Morgan fingerprint density at radius 2 is 2.00 bits per heavy atom. The van der Waals surface area contributed by atoms with Crippen LogP contribution in [0.2, 0.25) is 5.02 Å². The number of nitrogens with one attached hydrogen (secondary N) is 1. The molecule has 0 atom stereocenters. The normalized spacial score (nSPS) is 14.8. The van der Waals surface area contributed by atoms with Crippen molar-refractivity contribution in [2.75, 3.05) is 70.9 Å². The Bertz CT molecular complexity index is 1190. The quantitative estimate of drug-likeness (QED) is 0.413. The molecule has 2 heterocycles. The van der Waals surface area contributed by atoms with E-state index in [1.54, 1.807) is 7.11 Å². The van der Waals surface area contributed by atoms with E-state index in [0.717, 1.165) is 24.3 Å². The van der Waals surface area contributed by atoms with Crippen molar-refractivity contribution in [1.82, 2.24) is 19.2 Å². The Morgan fingerprint density at radius 1 is 1.28 bits per heavy atom. The highest BCUT2D eigenvalue weighted by atomic mass is 35.5. The second-order valence-electron chi connectivity index (χ2n) is 8.83. The van der Waals surface area contributed by atoms with E-state index in [0.29, 0.717) is 17.9 Å². The van der Waals surface area contributed by atoms with Gasteiger partial charge in [0.2, 0.25) is 21.9 Å². The average Bonchev–Trinajstić information content (AvgIpc) is 2.79. The molecule has 0 radical (unpaired) electrons. The molecule has 0 unspecified atom stereocenters. The molecular weight excluding hydrogens is 506 g/mol. The zero-order valence-corrected chi connectivity index (χ0v) is 22.8. The summed E-state index contributed by atoms with van der Waals surface area (Å²) in [5.74, 6) is 1.06. The first-order valence-corrected chi connectivity index (χ1v) is 13.6. The minimum atomic E-state index is -3.24. The van der Waals surface area contributed by atoms with Gasteiger partial charge in [0, 0.05) is 31.9 Å². The fraction of sp³-hybridized carbons (Fsp3) is 0.478. The molecule has 3 N–H and O–H groups in total. The SMILES string of the molecule is COc1cc(N(C)CCN(C)C)c(CC=CN)cc1Nc1ncc(Cl)c(OC2CN(S(C)(=O)=O)C2)n1. The van der Waals surface area contributed by atoms with Crippen LogP contribution in [0.1, 0.15) is 5.56 Å². The molecule has 3 rings (SSSR count). The smallest absolute Gasteiger partial charge is 0.237 e. The molecule has 1 fully saturated rings. The van der Waals surface area contributed by atoms with E-state index in [1.807, 2.05) is 39.4 Å². The van der Waals surface area contributed by atoms with E-state index in [9.17, 15) is 8.42 Å². The topological polar surface area (TPSA) is 126 Å². The number of nitrogens with zero attached hydrogens (tertiary/aromatic N) is 5. The van der Waals surface area contributed by atoms with E-state index in [-0.39, 0.29) is 36.0 Å². The Hall–Kier alpha value is -2.80. The number of sulfonamides is 1. The molecule has 0 spiro atoms. The molecule has 0 saturated carbocycles. The Morgan fingerprint density at radius 3 is 2.61 bits per heavy atom. The van der Waals surface area contributed by atoms with Gasteiger partial charge in [-0.2, -0.15) is 9.29 Å². The molecule has 1 aromatic carbocycles. The number of anilines is 3. The van der Waals surface area contributed by atoms with Crippen molar-refractivity contribution in [3.05, 3.63) is 41.2 Å². The van der Waals surface area contributed by atoms with Crippen molar-refractivity contribution in [3.63, 3.8) is 0 Å². The predicted octanol–water partition coefficient (Wildman–Crippen LogP) is 1.92. The second-order valence-corrected chi connectivity index (χ2v) is 11.2. The van der Waals surface area contributed by atoms with E-state index in [4.69, 9.17) is 26.8 Å². The van der Waals surface area contributed by atoms with E-state index in [2.05, 4.69) is 25.1 Å². The Kier molecular flexibility index (Phi) is 9.23. The van der Waals surface area contributed by atoms with Gasteiger partial charge in [-0.3, -0.25) is 0 Å². The van der Waals surface area contributed by atoms with Crippen molar-refractivity contribution in [2.24, 2.45) is 5.73 Å². The molecule has 13 heteroatoms. The van der Waals surface area contributed by atoms with Crippen LogP contribution in [-0.2, 0) is 16.4 Å². The number of nitrogens with two attached hydrogens (primary N) is 1. The van der Waals surface area contributed by atoms with Gasteiger partial charge in [-0.05, 0) is 38.3 Å². The Balaban J connectivity index is 1.83. The molecule has 0 amide bonds. The summed E-state index contributed by atoms with van der Waals surface area (Å²) >= 11 is 6.24. The molecule has 2 aromatic rings. The number of ether oxygens (including phenoxy) is 2. The van der Waals surface area contributed by atoms with Gasteiger partial charge in [0.15, 0.2) is 0 Å². The van der Waals surface area contributed by atoms with Crippen LogP contribution < -0.4 is 25.4 Å². The summed E-state index contributed by atoms with van der Waals surface area (Å²) in [5.41, 5.74) is 8.35. The first-order valence-electron chi connectivity index (χ1n) is 11.4. The van der Waals surface area contributed by atoms with E-state index >= 15 is 0 Å². The number of halogens is 1. The summed E-state index contributed by atoms with van der Waals surface area (Å²) in [6.45, 7) is 2.23. The highest BCUT2D eigenvalue weighted by Crippen LogP contribution is 2.36. The largest absolute Gasteiger partial charge is 0.494 e. The highest BCUT2D eigenvalue weighted by molar-refractivity contribution is 7.88. The summed E-state index contributed by atoms with van der Waals surface area (Å²) in [7, 11) is 4.47. The molecule has 0 bridgehead atoms. The van der Waals surface area contributed by atoms with Gasteiger partial charge >= 0.3 is 0 Å². The molecule has 198 valence electrons. The lowest BCUT2D eigenvalue weighted by molar-refractivity contribution is 0.0727. The van der Waals surface area contributed by atoms with Crippen molar-refractivity contribution < 1.29 is 17.9 Å². The number of aromatic nitrogens is 2. The van der Waals surface area contributed by atoms with Crippen LogP contribution in [0.4, 0.5) is 17.3 Å². The molecular formula is C23H34ClN7O4S. The average molecular weight is 540 g/mol. The number of likely N-dealkylation sites (N-methyl/N-ethyl adjacent to an activating group) is 2. The Labute approximate surface area is 217 Å². The molecule has 11 nitrogen and oxygen atoms in total. The van der Waals surface area contributed by atoms with Crippen molar-refractivity contribution in [2.45, 2.75) is 12.5 Å². The van der Waals surface area contributed by atoms with Crippen LogP contribution >= 0.6 is 11.6 Å². The van der Waals surface area contributed by atoms with Crippen LogP contribution in [-0.4, -0.2) is 94.4 Å². The number of rotatable bonds is 12. The number of methoxy groups -OCH3 is 1. The van der Waals surface area contributed by atoms with Gasteiger partial charge in [-0.15, -0.1) is 0 Å². The summed E-state index contributed by atoms with van der Waals surface area (Å²) in [4.78, 5) is 13.0. The fourth-order valence-electron chi connectivity index (χ4n) is 3.58. The lowest BCUT2D eigenvalue weighted by atomic mass is 10.1. The monoisotopic (exact) mass is 539 g/mol. The van der Waals surface area contributed by atoms with Crippen LogP contribution in [0.25, 0.3) is 0 Å². The molecule has 0 aliphatic carbocycles. The number of benzene rings is 1. The minimum absolute atomic E-state index is 0.178. The third-order valence-electron chi connectivity index (χ3n) is 5.69. The zero-order valence-electron chi connectivity index (χ0n) is 21.2. The van der Waals surface area contributed by atoms with Gasteiger partial charge < -0.3 is 30.3 Å². The summed E-state index contributed by atoms with van der Waals surface area (Å²) < 4.78 is 36.0. The van der Waals surface area contributed by atoms with Crippen LogP contribution in [0, 0.1) is 0 Å². The maximum Gasteiger partial charge on any atom is 0.237 e. The number of hydrogen-bond acceptors (Lipinski definition) is 10. The maximum absolute atomic E-state index is 11.6. The van der Waals surface area contributed by atoms with Crippen molar-refractivity contribution in [3.8, 4) is 11.6 Å². The molecule has 1 aliphatic heterocycles. The van der Waals surface area contributed by atoms with Crippen LogP contribution in [0.5, 0.6) is 11.6 Å². The molecule has 1 aromatic heterocycles. The summed E-state index contributed by atoms with van der Waals surface area (Å²) in [5, 5.41) is 3.43. The van der Waals surface area contributed by atoms with Gasteiger partial charge in [0.1, 0.15) is 16.9 Å². The lowest BCUT2D eigenvalue weighted by Gasteiger charge is -2.36. The van der Waals surface area contributed by atoms with Gasteiger partial charge in [0.25, 0.3) is 0 Å². The standard InChI is InChI=1S/C23H34ClN7O4S/c1-29(2)9-10-30(3)20-12-21(34-4)19(11-16(20)7-6-8-25)27-23-26-13-18(24)22(28-23)35-17-14-31(15-17)36(5,32)33/h6,8,11-13,17H,7,9-10,14-15,25H2,1-5H3,(H,26,27,28). The first-order chi connectivity index (χ1) is 17.0. The number of allylic oxidation sites excluding steroid dienone is 1. The third kappa shape index (κ3) is 7.12. The van der Waals surface area contributed by atoms with Crippen molar-refractivity contribution in [1.29, 1.82) is 0 Å². The van der Waals surface area contributed by atoms with Gasteiger partial charge in [-0.1, -0.05) is 17.7 Å². The van der Waals surface area contributed by atoms with Crippen LogP contribution in [0.15, 0.2) is 30.6 Å². The van der Waals surface area contributed by atoms with E-state index in [1.165, 1.54) is 23.0 Å². The first kappa shape index (κ1) is 27.8. The third-order valence-corrected chi connectivity index (χ3v) is 7.18. The van der Waals surface area contributed by atoms with Crippen LogP contribution in [0.3, 0.4) is 0 Å². The zero-order chi connectivity index (χ0) is 26.5. The predicted molar refractivity (Wildman–Crippen MR) is 143 cm³/mol. The maximum atomic E-state index is 11.6. The molecule has 1 aliphatic rings. The van der Waals surface area contributed by atoms with Gasteiger partial charge in [-0.25, -0.2) is 13.4 Å². The highest BCUT2D eigenvalue weighted by Gasteiger charge is 2.35. The molecule has 1 saturated heterocycles. The number of hydrogen-bond donors (Lipinski definition) is 2.